The summed E-state index contributed by atoms with van der Waals surface area (Å²) >= 11 is 0. The van der Waals surface area contributed by atoms with Gasteiger partial charge in [0.25, 0.3) is 0 Å². The van der Waals surface area contributed by atoms with Gasteiger partial charge in [0.2, 0.25) is 0 Å². The van der Waals surface area contributed by atoms with E-state index in [-0.39, 0.29) is 0 Å². The quantitative estimate of drug-likeness (QED) is 0.788. The highest BCUT2D eigenvalue weighted by Crippen LogP contribution is 2.12. The second-order valence-electron chi connectivity index (χ2n) is 5.30. The van der Waals surface area contributed by atoms with Gasteiger partial charge in [0.1, 0.15) is 0 Å². The van der Waals surface area contributed by atoms with Crippen LogP contribution in [0.15, 0.2) is 4.52 Å². The number of aromatic nitrogens is 2. The van der Waals surface area contributed by atoms with Crippen LogP contribution in [0.2, 0.25) is 0 Å². The van der Waals surface area contributed by atoms with Crippen LogP contribution in [0.3, 0.4) is 0 Å². The summed E-state index contributed by atoms with van der Waals surface area (Å²) in [5, 5.41) is 7.12. The van der Waals surface area contributed by atoms with E-state index >= 15 is 0 Å². The minimum absolute atomic E-state index is 0.317. The van der Waals surface area contributed by atoms with Crippen LogP contribution in [0.1, 0.15) is 51.3 Å². The Balaban J connectivity index is 1.62. The molecule has 5 nitrogen and oxygen atoms in total. The van der Waals surface area contributed by atoms with Crippen molar-refractivity contribution in [3.63, 3.8) is 0 Å². The summed E-state index contributed by atoms with van der Waals surface area (Å²) in [7, 11) is 0. The summed E-state index contributed by atoms with van der Waals surface area (Å²) < 4.78 is 5.13. The number of nitrogens with one attached hydrogen (secondary N) is 1. The normalized spacial score (nSPS) is 17.3. The van der Waals surface area contributed by atoms with E-state index in [2.05, 4.69) is 34.2 Å². The van der Waals surface area contributed by atoms with Crippen LogP contribution in [0.5, 0.6) is 0 Å². The molecule has 1 saturated heterocycles. The molecule has 102 valence electrons. The molecule has 1 fully saturated rings. The van der Waals surface area contributed by atoms with Gasteiger partial charge in [-0.2, -0.15) is 4.98 Å². The lowest BCUT2D eigenvalue weighted by molar-refractivity contribution is 0.228. The molecule has 1 aromatic rings. The fourth-order valence-electron chi connectivity index (χ4n) is 2.22. The summed E-state index contributed by atoms with van der Waals surface area (Å²) in [6, 6.07) is 0.553. The van der Waals surface area contributed by atoms with Crippen molar-refractivity contribution in [1.29, 1.82) is 0 Å². The molecule has 0 unspecified atom stereocenters. The number of rotatable bonds is 6. The Labute approximate surface area is 109 Å². The molecule has 0 atom stereocenters. The Morgan fingerprint density at radius 2 is 2.06 bits per heavy atom. The second-order valence-corrected chi connectivity index (χ2v) is 5.30. The zero-order chi connectivity index (χ0) is 12.8. The van der Waals surface area contributed by atoms with Crippen LogP contribution >= 0.6 is 0 Å². The minimum Gasteiger partial charge on any atom is -0.338 e. The smallest absolute Gasteiger partial charge is 0.321 e. The third-order valence-corrected chi connectivity index (χ3v) is 3.33. The van der Waals surface area contributed by atoms with Gasteiger partial charge in [-0.1, -0.05) is 25.4 Å². The lowest BCUT2D eigenvalue weighted by atomic mass is 10.1. The van der Waals surface area contributed by atoms with Gasteiger partial charge in [-0.15, -0.1) is 0 Å². The van der Waals surface area contributed by atoms with Crippen LogP contribution in [-0.2, 0) is 0 Å². The standard InChI is InChI=1S/C13H24N4O/c1-11(2)12-15-13(18-16-12)14-7-6-10-17-8-4-3-5-9-17/h11H,3-10H2,1-2H3,(H,14,15,16). The van der Waals surface area contributed by atoms with Gasteiger partial charge < -0.3 is 14.7 Å². The van der Waals surface area contributed by atoms with Crippen molar-refractivity contribution >= 4 is 6.01 Å². The van der Waals surface area contributed by atoms with E-state index in [1.165, 1.54) is 32.4 Å². The van der Waals surface area contributed by atoms with Gasteiger partial charge in [0.15, 0.2) is 5.82 Å². The summed E-state index contributed by atoms with van der Waals surface area (Å²) in [4.78, 5) is 6.83. The predicted molar refractivity (Wildman–Crippen MR) is 71.8 cm³/mol. The molecule has 0 spiro atoms. The molecule has 0 aromatic carbocycles. The molecule has 1 aliphatic rings. The first-order valence-electron chi connectivity index (χ1n) is 7.05. The molecule has 0 aliphatic carbocycles. The van der Waals surface area contributed by atoms with E-state index in [4.69, 9.17) is 4.52 Å². The molecule has 1 aliphatic heterocycles. The van der Waals surface area contributed by atoms with Gasteiger partial charge in [-0.3, -0.25) is 0 Å². The van der Waals surface area contributed by atoms with Gasteiger partial charge in [-0.05, 0) is 38.9 Å². The SMILES string of the molecule is CC(C)c1noc(NCCCN2CCCCC2)n1. The molecule has 1 aromatic heterocycles. The molecule has 0 bridgehead atoms. The lowest BCUT2D eigenvalue weighted by Gasteiger charge is -2.26. The number of nitrogens with zero attached hydrogens (tertiary/aromatic N) is 3. The third kappa shape index (κ3) is 3.98. The third-order valence-electron chi connectivity index (χ3n) is 3.33. The highest BCUT2D eigenvalue weighted by Gasteiger charge is 2.10. The summed E-state index contributed by atoms with van der Waals surface area (Å²) in [6.45, 7) is 8.71. The average Bonchev–Trinajstić information content (AvgIpc) is 2.85. The summed E-state index contributed by atoms with van der Waals surface area (Å²) in [6.07, 6.45) is 5.23. The van der Waals surface area contributed by atoms with Crippen LogP contribution < -0.4 is 5.32 Å². The minimum atomic E-state index is 0.317. The first kappa shape index (κ1) is 13.3. The van der Waals surface area contributed by atoms with Crippen LogP contribution in [-0.4, -0.2) is 41.2 Å². The average molecular weight is 252 g/mol. The van der Waals surface area contributed by atoms with Gasteiger partial charge in [-0.25, -0.2) is 0 Å². The van der Waals surface area contributed by atoms with Gasteiger partial charge in [0.05, 0.1) is 0 Å². The van der Waals surface area contributed by atoms with E-state index in [0.29, 0.717) is 11.9 Å². The number of anilines is 1. The Kier molecular flexibility index (Phi) is 4.99. The van der Waals surface area contributed by atoms with Crippen molar-refractivity contribution in [2.24, 2.45) is 0 Å². The summed E-state index contributed by atoms with van der Waals surface area (Å²) in [5.74, 6) is 1.09. The molecule has 0 radical (unpaired) electrons. The number of hydrogen-bond acceptors (Lipinski definition) is 5. The number of likely N-dealkylation sites (tertiary alicyclic amines) is 1. The fraction of sp³-hybridized carbons (Fsp3) is 0.846. The molecule has 2 heterocycles. The molecule has 1 N–H and O–H groups in total. The van der Waals surface area contributed by atoms with Crippen molar-refractivity contribution in [3.05, 3.63) is 5.82 Å². The largest absolute Gasteiger partial charge is 0.338 e. The fourth-order valence-corrected chi connectivity index (χ4v) is 2.22. The van der Waals surface area contributed by atoms with Crippen molar-refractivity contribution in [2.75, 3.05) is 31.5 Å². The van der Waals surface area contributed by atoms with Gasteiger partial charge in [0, 0.05) is 12.5 Å². The Hall–Kier alpha value is -1.10. The molecule has 0 saturated carbocycles. The molecular weight excluding hydrogens is 228 g/mol. The molecule has 18 heavy (non-hydrogen) atoms. The molecule has 0 amide bonds. The topological polar surface area (TPSA) is 54.2 Å². The number of piperidine rings is 1. The van der Waals surface area contributed by atoms with Crippen LogP contribution in [0.4, 0.5) is 6.01 Å². The maximum absolute atomic E-state index is 5.13. The van der Waals surface area contributed by atoms with E-state index in [0.717, 1.165) is 25.3 Å². The predicted octanol–water partition coefficient (Wildman–Crippen LogP) is 2.48. The summed E-state index contributed by atoms with van der Waals surface area (Å²) in [5.41, 5.74) is 0. The maximum atomic E-state index is 5.13. The number of hydrogen-bond donors (Lipinski definition) is 1. The van der Waals surface area contributed by atoms with Crippen molar-refractivity contribution in [2.45, 2.75) is 45.4 Å². The van der Waals surface area contributed by atoms with E-state index < -0.39 is 0 Å². The zero-order valence-electron chi connectivity index (χ0n) is 11.5. The Morgan fingerprint density at radius 3 is 2.72 bits per heavy atom. The van der Waals surface area contributed by atoms with Crippen LogP contribution in [0.25, 0.3) is 0 Å². The first-order valence-corrected chi connectivity index (χ1v) is 7.05. The first-order chi connectivity index (χ1) is 8.75. The monoisotopic (exact) mass is 252 g/mol. The second kappa shape index (κ2) is 6.73. The highest BCUT2D eigenvalue weighted by molar-refractivity contribution is 5.18. The maximum Gasteiger partial charge on any atom is 0.321 e. The Bertz CT molecular complexity index is 345. The van der Waals surface area contributed by atoms with E-state index in [1.807, 2.05) is 0 Å². The van der Waals surface area contributed by atoms with Crippen molar-refractivity contribution < 1.29 is 4.52 Å². The zero-order valence-corrected chi connectivity index (χ0v) is 11.5. The lowest BCUT2D eigenvalue weighted by Crippen LogP contribution is -2.31. The van der Waals surface area contributed by atoms with Crippen molar-refractivity contribution in [3.8, 4) is 0 Å². The van der Waals surface area contributed by atoms with E-state index in [9.17, 15) is 0 Å². The van der Waals surface area contributed by atoms with Crippen LogP contribution in [0, 0.1) is 0 Å². The van der Waals surface area contributed by atoms with E-state index in [1.54, 1.807) is 0 Å². The Morgan fingerprint density at radius 1 is 1.28 bits per heavy atom. The molecular formula is C13H24N4O. The van der Waals surface area contributed by atoms with Gasteiger partial charge >= 0.3 is 6.01 Å². The highest BCUT2D eigenvalue weighted by atomic mass is 16.5. The van der Waals surface area contributed by atoms with Crippen molar-refractivity contribution in [1.82, 2.24) is 15.0 Å². The molecule has 2 rings (SSSR count). The molecule has 5 heteroatoms.